The van der Waals surface area contributed by atoms with Gasteiger partial charge in [0.05, 0.1) is 44.3 Å². The molecule has 0 radical (unpaired) electrons. The molecule has 0 spiro atoms. The Morgan fingerprint density at radius 2 is 1.15 bits per heavy atom. The maximum atomic E-state index is 14.7. The van der Waals surface area contributed by atoms with Crippen molar-refractivity contribution in [1.82, 2.24) is 18.4 Å². The number of benzene rings is 6. The van der Waals surface area contributed by atoms with Crippen molar-refractivity contribution in [1.29, 1.82) is 0 Å². The van der Waals surface area contributed by atoms with E-state index in [1.165, 1.54) is 49.1 Å². The lowest BCUT2D eigenvalue weighted by atomic mass is 9.49. The van der Waals surface area contributed by atoms with E-state index in [1.807, 2.05) is 4.59 Å². The molecule has 47 heavy (non-hydrogen) atoms. The molecule has 0 atom stereocenters. The monoisotopic (exact) mass is 604 g/mol. The molecule has 0 saturated carbocycles. The molecule has 0 bridgehead atoms. The van der Waals surface area contributed by atoms with E-state index in [-0.39, 0.29) is 17.8 Å². The van der Waals surface area contributed by atoms with Crippen LogP contribution in [0.15, 0.2) is 126 Å². The molecular weight excluding hydrogens is 575 g/mol. The fourth-order valence-corrected chi connectivity index (χ4v) is 8.67. The first-order chi connectivity index (χ1) is 22.9. The number of hydrogen-bond donors (Lipinski definition) is 0. The first kappa shape index (κ1) is 25.4. The summed E-state index contributed by atoms with van der Waals surface area (Å²) in [6, 6.07) is 43.7. The number of hydrogen-bond acceptors (Lipinski definition) is 1. The second-order valence-electron chi connectivity index (χ2n) is 14.2. The van der Waals surface area contributed by atoms with Gasteiger partial charge in [-0.15, -0.1) is 0 Å². The van der Waals surface area contributed by atoms with E-state index in [1.54, 1.807) is 0 Å². The first-order valence-corrected chi connectivity index (χ1v) is 16.4. The lowest BCUT2D eigenvalue weighted by Gasteiger charge is -2.24. The molecule has 222 valence electrons. The summed E-state index contributed by atoms with van der Waals surface area (Å²) in [7, 11) is 0. The molecule has 5 heterocycles. The minimum absolute atomic E-state index is 0.0539. The maximum absolute atomic E-state index is 14.7. The summed E-state index contributed by atoms with van der Waals surface area (Å²) >= 11 is 0. The second-order valence-corrected chi connectivity index (χ2v) is 14.2. The molecule has 6 heteroatoms. The van der Waals surface area contributed by atoms with E-state index in [2.05, 4.69) is 156 Å². The highest BCUT2D eigenvalue weighted by atomic mass is 16.1. The van der Waals surface area contributed by atoms with Crippen molar-refractivity contribution in [3.05, 3.63) is 137 Å². The lowest BCUT2D eigenvalue weighted by Crippen LogP contribution is -2.53. The van der Waals surface area contributed by atoms with Crippen LogP contribution in [0.3, 0.4) is 0 Å². The summed E-state index contributed by atoms with van der Waals surface area (Å²) in [5.74, 6) is 0. The summed E-state index contributed by atoms with van der Waals surface area (Å²) < 4.78 is 9.07. The van der Waals surface area contributed by atoms with Crippen molar-refractivity contribution in [2.24, 2.45) is 0 Å². The molecule has 2 aliphatic rings. The van der Waals surface area contributed by atoms with Crippen LogP contribution < -0.4 is 16.5 Å². The van der Waals surface area contributed by atoms with Crippen LogP contribution in [0, 0.1) is 0 Å². The Balaban J connectivity index is 1.35. The second kappa shape index (κ2) is 8.34. The predicted molar refractivity (Wildman–Crippen MR) is 195 cm³/mol. The van der Waals surface area contributed by atoms with Crippen molar-refractivity contribution >= 4 is 72.3 Å². The smallest absolute Gasteiger partial charge is 0.310 e. The Hall–Kier alpha value is -5.75. The van der Waals surface area contributed by atoms with Crippen LogP contribution in [0.1, 0.15) is 26.3 Å². The van der Waals surface area contributed by atoms with Crippen LogP contribution >= 0.6 is 0 Å². The Kier molecular flexibility index (Phi) is 4.51. The zero-order valence-corrected chi connectivity index (χ0v) is 26.3. The number of para-hydroxylation sites is 4. The van der Waals surface area contributed by atoms with E-state index in [0.717, 1.165) is 39.0 Å². The van der Waals surface area contributed by atoms with E-state index < -0.39 is 0 Å². The number of nitrogens with zero attached hydrogens (tertiary/aromatic N) is 4. The fraction of sp³-hybridized carbons (Fsp3) is 0.0976. The van der Waals surface area contributed by atoms with E-state index in [0.29, 0.717) is 0 Å². The van der Waals surface area contributed by atoms with Crippen LogP contribution in [0.2, 0.25) is 0 Å². The molecule has 9 aromatic rings. The van der Waals surface area contributed by atoms with Gasteiger partial charge in [0, 0.05) is 32.7 Å². The SMILES string of the molecule is CC(C)(C)c1ccc2c(c1)c(=O)n1n2-c2cc(-n3c4ccccc4c4ccccc43)cc3c2B1c1cccc2c4ccccc4n-3c12. The quantitative estimate of drug-likeness (QED) is 0.178. The average molecular weight is 605 g/mol. The highest BCUT2D eigenvalue weighted by Crippen LogP contribution is 2.39. The molecule has 0 N–H and O–H groups in total. The van der Waals surface area contributed by atoms with E-state index in [9.17, 15) is 4.79 Å². The van der Waals surface area contributed by atoms with Crippen LogP contribution in [0.4, 0.5) is 0 Å². The van der Waals surface area contributed by atoms with Gasteiger partial charge in [-0.1, -0.05) is 99.6 Å². The van der Waals surface area contributed by atoms with Gasteiger partial charge in [0.1, 0.15) is 0 Å². The standard InChI is InChI=1S/C41H29BN4O/c1-41(2,3)24-19-20-35-30(21-24)40(47)46-42-31-15-10-14-29-28-13-6-9-18-34(28)44(39(29)31)36-22-25(23-37(38(36)42)45(35)46)43-32-16-7-4-11-26(32)27-12-5-8-17-33(27)43/h4-23H,1-3H3. The number of fused-ring (bicyclic) bond motifs is 13. The molecule has 0 amide bonds. The zero-order valence-electron chi connectivity index (χ0n) is 26.3. The summed E-state index contributed by atoms with van der Waals surface area (Å²) in [5.41, 5.74) is 12.4. The molecule has 11 rings (SSSR count). The highest BCUT2D eigenvalue weighted by molar-refractivity contribution is 6.88. The molecule has 0 saturated heterocycles. The van der Waals surface area contributed by atoms with Gasteiger partial charge in [-0.05, 0) is 58.9 Å². The lowest BCUT2D eigenvalue weighted by molar-refractivity contribution is 0.591. The molecule has 0 aliphatic carbocycles. The maximum Gasteiger partial charge on any atom is 0.357 e. The molecule has 3 aromatic heterocycles. The summed E-state index contributed by atoms with van der Waals surface area (Å²) in [5, 5.41) is 5.66. The zero-order chi connectivity index (χ0) is 31.3. The Morgan fingerprint density at radius 1 is 0.553 bits per heavy atom. The fourth-order valence-electron chi connectivity index (χ4n) is 8.67. The van der Waals surface area contributed by atoms with Gasteiger partial charge >= 0.3 is 6.85 Å². The molecule has 2 aliphatic heterocycles. The van der Waals surface area contributed by atoms with Gasteiger partial charge in [-0.3, -0.25) is 14.1 Å². The van der Waals surface area contributed by atoms with E-state index >= 15 is 0 Å². The molecule has 5 nitrogen and oxygen atoms in total. The van der Waals surface area contributed by atoms with Crippen molar-refractivity contribution < 1.29 is 0 Å². The number of aromatic nitrogens is 4. The Bertz CT molecular complexity index is 2870. The van der Waals surface area contributed by atoms with Crippen LogP contribution in [-0.4, -0.2) is 25.3 Å². The first-order valence-electron chi connectivity index (χ1n) is 16.4. The van der Waals surface area contributed by atoms with Crippen LogP contribution in [-0.2, 0) is 5.41 Å². The van der Waals surface area contributed by atoms with Crippen molar-refractivity contribution in [3.63, 3.8) is 0 Å². The van der Waals surface area contributed by atoms with Gasteiger partial charge < -0.3 is 9.13 Å². The molecular formula is C41H29BN4O. The van der Waals surface area contributed by atoms with Gasteiger partial charge in [-0.2, -0.15) is 0 Å². The number of rotatable bonds is 1. The third-order valence-electron chi connectivity index (χ3n) is 10.7. The predicted octanol–water partition coefficient (Wildman–Crippen LogP) is 7.56. The topological polar surface area (TPSA) is 36.8 Å². The summed E-state index contributed by atoms with van der Waals surface area (Å²) in [6.07, 6.45) is 0. The van der Waals surface area contributed by atoms with Crippen molar-refractivity contribution in [3.8, 4) is 17.1 Å². The normalized spacial score (nSPS) is 13.5. The van der Waals surface area contributed by atoms with Gasteiger partial charge in [0.15, 0.2) is 0 Å². The molecule has 6 aromatic carbocycles. The average Bonchev–Trinajstić information content (AvgIpc) is 3.80. The van der Waals surface area contributed by atoms with Crippen molar-refractivity contribution in [2.75, 3.05) is 0 Å². The minimum Gasteiger partial charge on any atom is -0.310 e. The Morgan fingerprint density at radius 3 is 1.83 bits per heavy atom. The summed E-state index contributed by atoms with van der Waals surface area (Å²) in [4.78, 5) is 14.7. The molecule has 0 unspecified atom stereocenters. The van der Waals surface area contributed by atoms with E-state index in [4.69, 9.17) is 0 Å². The minimum atomic E-state index is -0.231. The Labute approximate surface area is 270 Å². The third-order valence-corrected chi connectivity index (χ3v) is 10.7. The van der Waals surface area contributed by atoms with Crippen LogP contribution in [0.5, 0.6) is 0 Å². The van der Waals surface area contributed by atoms with Gasteiger partial charge in [0.25, 0.3) is 5.56 Å². The highest BCUT2D eigenvalue weighted by Gasteiger charge is 2.44. The van der Waals surface area contributed by atoms with Gasteiger partial charge in [-0.25, -0.2) is 0 Å². The van der Waals surface area contributed by atoms with Gasteiger partial charge in [0.2, 0.25) is 0 Å². The largest absolute Gasteiger partial charge is 0.357 e. The molecule has 0 fully saturated rings. The van der Waals surface area contributed by atoms with Crippen molar-refractivity contribution in [2.45, 2.75) is 26.2 Å². The third kappa shape index (κ3) is 2.99. The summed E-state index contributed by atoms with van der Waals surface area (Å²) in [6.45, 7) is 6.38. The van der Waals surface area contributed by atoms with Crippen LogP contribution in [0.25, 0.3) is 71.6 Å².